The van der Waals surface area contributed by atoms with Crippen molar-refractivity contribution in [2.24, 2.45) is 5.92 Å². The summed E-state index contributed by atoms with van der Waals surface area (Å²) in [6.07, 6.45) is 7.33. The van der Waals surface area contributed by atoms with Gasteiger partial charge in [0.1, 0.15) is 0 Å². The van der Waals surface area contributed by atoms with Gasteiger partial charge in [-0.15, -0.1) is 0 Å². The van der Waals surface area contributed by atoms with Crippen molar-refractivity contribution in [3.05, 3.63) is 0 Å². The highest BCUT2D eigenvalue weighted by molar-refractivity contribution is 4.77. The Kier molecular flexibility index (Phi) is 5.93. The first-order valence-electron chi connectivity index (χ1n) is 7.89. The Labute approximate surface area is 113 Å². The molecule has 0 aromatic heterocycles. The molecule has 0 bridgehead atoms. The lowest BCUT2D eigenvalue weighted by molar-refractivity contribution is 0.133. The van der Waals surface area contributed by atoms with Gasteiger partial charge in [-0.25, -0.2) is 0 Å². The van der Waals surface area contributed by atoms with Crippen molar-refractivity contribution >= 4 is 0 Å². The molecule has 0 radical (unpaired) electrons. The number of piperazine rings is 1. The predicted molar refractivity (Wildman–Crippen MR) is 78.0 cm³/mol. The van der Waals surface area contributed by atoms with Crippen LogP contribution in [0.4, 0.5) is 0 Å². The molecular formula is C15H31N3. The van der Waals surface area contributed by atoms with E-state index >= 15 is 0 Å². The van der Waals surface area contributed by atoms with E-state index in [1.54, 1.807) is 0 Å². The van der Waals surface area contributed by atoms with Crippen molar-refractivity contribution in [2.45, 2.75) is 45.1 Å². The number of hydrogen-bond acceptors (Lipinski definition) is 3. The molecule has 0 amide bonds. The normalized spacial score (nSPS) is 25.5. The van der Waals surface area contributed by atoms with Crippen LogP contribution in [0.15, 0.2) is 0 Å². The summed E-state index contributed by atoms with van der Waals surface area (Å²) in [7, 11) is 2.31. The van der Waals surface area contributed by atoms with E-state index in [-0.39, 0.29) is 0 Å². The molecule has 0 aromatic rings. The fourth-order valence-electron chi connectivity index (χ4n) is 3.57. The van der Waals surface area contributed by atoms with Crippen LogP contribution in [0.3, 0.4) is 0 Å². The number of likely N-dealkylation sites (N-methyl/N-ethyl adjacent to an activating group) is 1. The highest BCUT2D eigenvalue weighted by atomic mass is 15.2. The lowest BCUT2D eigenvalue weighted by Crippen LogP contribution is -2.50. The first-order chi connectivity index (χ1) is 8.75. The van der Waals surface area contributed by atoms with Crippen molar-refractivity contribution in [1.82, 2.24) is 15.1 Å². The van der Waals surface area contributed by atoms with Gasteiger partial charge in [0.2, 0.25) is 0 Å². The summed E-state index contributed by atoms with van der Waals surface area (Å²) in [5.74, 6) is 0.971. The second kappa shape index (κ2) is 7.46. The summed E-state index contributed by atoms with van der Waals surface area (Å²) in [6, 6.07) is 0.709. The van der Waals surface area contributed by atoms with Gasteiger partial charge in [-0.2, -0.15) is 0 Å². The summed E-state index contributed by atoms with van der Waals surface area (Å²) in [4.78, 5) is 5.20. The van der Waals surface area contributed by atoms with Crippen molar-refractivity contribution in [3.63, 3.8) is 0 Å². The van der Waals surface area contributed by atoms with Crippen LogP contribution in [0.1, 0.15) is 39.0 Å². The molecule has 2 fully saturated rings. The van der Waals surface area contributed by atoms with Crippen LogP contribution in [0, 0.1) is 5.92 Å². The van der Waals surface area contributed by atoms with Gasteiger partial charge in [-0.05, 0) is 32.7 Å². The van der Waals surface area contributed by atoms with Gasteiger partial charge in [-0.3, -0.25) is 4.90 Å². The minimum atomic E-state index is 0.709. The monoisotopic (exact) mass is 253 g/mol. The first kappa shape index (κ1) is 14.3. The minimum absolute atomic E-state index is 0.709. The van der Waals surface area contributed by atoms with Crippen molar-refractivity contribution in [3.8, 4) is 0 Å². The largest absolute Gasteiger partial charge is 0.314 e. The van der Waals surface area contributed by atoms with E-state index in [0.29, 0.717) is 6.04 Å². The van der Waals surface area contributed by atoms with E-state index in [9.17, 15) is 0 Å². The third-order valence-corrected chi connectivity index (χ3v) is 4.65. The van der Waals surface area contributed by atoms with Gasteiger partial charge in [0.05, 0.1) is 0 Å². The summed E-state index contributed by atoms with van der Waals surface area (Å²) in [6.45, 7) is 9.71. The molecule has 3 heteroatoms. The van der Waals surface area contributed by atoms with E-state index in [4.69, 9.17) is 0 Å². The molecule has 1 unspecified atom stereocenters. The van der Waals surface area contributed by atoms with E-state index in [1.807, 2.05) is 0 Å². The molecule has 2 aliphatic rings. The zero-order valence-electron chi connectivity index (χ0n) is 12.3. The second-order valence-electron chi connectivity index (χ2n) is 6.36. The maximum absolute atomic E-state index is 3.43. The summed E-state index contributed by atoms with van der Waals surface area (Å²) in [5.41, 5.74) is 0. The first-order valence-corrected chi connectivity index (χ1v) is 7.89. The summed E-state index contributed by atoms with van der Waals surface area (Å²) >= 11 is 0. The van der Waals surface area contributed by atoms with Crippen molar-refractivity contribution in [2.75, 3.05) is 46.3 Å². The molecule has 3 nitrogen and oxygen atoms in total. The van der Waals surface area contributed by atoms with Crippen LogP contribution in [-0.2, 0) is 0 Å². The van der Waals surface area contributed by atoms with Crippen LogP contribution >= 0.6 is 0 Å². The Morgan fingerprint density at radius 3 is 2.50 bits per heavy atom. The zero-order chi connectivity index (χ0) is 12.8. The molecule has 1 N–H and O–H groups in total. The Balaban J connectivity index is 1.67. The molecule has 0 spiro atoms. The SMILES string of the molecule is CC(CN(C)CC1CCCCC1)N1CCNCC1. The fraction of sp³-hybridized carbons (Fsp3) is 1.00. The third-order valence-electron chi connectivity index (χ3n) is 4.65. The second-order valence-corrected chi connectivity index (χ2v) is 6.36. The van der Waals surface area contributed by atoms with Crippen molar-refractivity contribution in [1.29, 1.82) is 0 Å². The quantitative estimate of drug-likeness (QED) is 0.806. The van der Waals surface area contributed by atoms with Crippen LogP contribution in [0.5, 0.6) is 0 Å². The molecular weight excluding hydrogens is 222 g/mol. The summed E-state index contributed by atoms with van der Waals surface area (Å²) < 4.78 is 0. The van der Waals surface area contributed by atoms with Crippen LogP contribution in [-0.4, -0.2) is 62.2 Å². The standard InChI is InChI=1S/C15H31N3/c1-14(18-10-8-16-9-11-18)12-17(2)13-15-6-4-3-5-7-15/h14-16H,3-13H2,1-2H3. The molecule has 1 atom stereocenters. The van der Waals surface area contributed by atoms with E-state index in [2.05, 4.69) is 29.1 Å². The molecule has 1 heterocycles. The lowest BCUT2D eigenvalue weighted by atomic mass is 9.89. The van der Waals surface area contributed by atoms with Gasteiger partial charge in [0.25, 0.3) is 0 Å². The maximum atomic E-state index is 3.43. The Morgan fingerprint density at radius 1 is 1.17 bits per heavy atom. The predicted octanol–water partition coefficient (Wildman–Crippen LogP) is 1.79. The average molecular weight is 253 g/mol. The topological polar surface area (TPSA) is 18.5 Å². The average Bonchev–Trinajstić information content (AvgIpc) is 2.40. The third kappa shape index (κ3) is 4.52. The van der Waals surface area contributed by atoms with Crippen LogP contribution < -0.4 is 5.32 Å². The van der Waals surface area contributed by atoms with E-state index in [0.717, 1.165) is 19.0 Å². The van der Waals surface area contributed by atoms with Crippen LogP contribution in [0.2, 0.25) is 0 Å². The molecule has 0 aromatic carbocycles. The molecule has 1 saturated carbocycles. The maximum Gasteiger partial charge on any atom is 0.0195 e. The Hall–Kier alpha value is -0.120. The molecule has 18 heavy (non-hydrogen) atoms. The fourth-order valence-corrected chi connectivity index (χ4v) is 3.57. The van der Waals surface area contributed by atoms with Gasteiger partial charge in [0.15, 0.2) is 0 Å². The highest BCUT2D eigenvalue weighted by Gasteiger charge is 2.20. The number of hydrogen-bond donors (Lipinski definition) is 1. The molecule has 1 saturated heterocycles. The molecule has 1 aliphatic carbocycles. The van der Waals surface area contributed by atoms with Crippen LogP contribution in [0.25, 0.3) is 0 Å². The summed E-state index contributed by atoms with van der Waals surface area (Å²) in [5, 5.41) is 3.43. The van der Waals surface area contributed by atoms with Crippen molar-refractivity contribution < 1.29 is 0 Å². The van der Waals surface area contributed by atoms with Gasteiger partial charge >= 0.3 is 0 Å². The Bertz CT molecular complexity index is 220. The van der Waals surface area contributed by atoms with Gasteiger partial charge in [0, 0.05) is 45.3 Å². The number of nitrogens with zero attached hydrogens (tertiary/aromatic N) is 2. The zero-order valence-corrected chi connectivity index (χ0v) is 12.3. The Morgan fingerprint density at radius 2 is 1.83 bits per heavy atom. The molecule has 2 rings (SSSR count). The lowest BCUT2D eigenvalue weighted by Gasteiger charge is -2.36. The van der Waals surface area contributed by atoms with Gasteiger partial charge < -0.3 is 10.2 Å². The van der Waals surface area contributed by atoms with E-state index in [1.165, 1.54) is 58.3 Å². The minimum Gasteiger partial charge on any atom is -0.314 e. The number of nitrogens with one attached hydrogen (secondary N) is 1. The van der Waals surface area contributed by atoms with Gasteiger partial charge in [-0.1, -0.05) is 19.3 Å². The highest BCUT2D eigenvalue weighted by Crippen LogP contribution is 2.24. The van der Waals surface area contributed by atoms with E-state index < -0.39 is 0 Å². The number of rotatable bonds is 5. The molecule has 1 aliphatic heterocycles. The smallest absolute Gasteiger partial charge is 0.0195 e. The molecule has 106 valence electrons.